The highest BCUT2D eigenvalue weighted by Crippen LogP contribution is 2.42. The van der Waals surface area contributed by atoms with Crippen molar-refractivity contribution >= 4 is 5.91 Å². The van der Waals surface area contributed by atoms with Crippen molar-refractivity contribution in [3.8, 4) is 0 Å². The van der Waals surface area contributed by atoms with Gasteiger partial charge >= 0.3 is 0 Å². The number of likely N-dealkylation sites (N-methyl/N-ethyl adjacent to an activating group) is 1. The average Bonchev–Trinajstić information content (AvgIpc) is 2.95. The number of carbonyl (C=O) groups excluding carboxylic acids is 1. The van der Waals surface area contributed by atoms with Gasteiger partial charge in [0.25, 0.3) is 0 Å². The average molecular weight is 333 g/mol. The van der Waals surface area contributed by atoms with Gasteiger partial charge in [-0.25, -0.2) is 0 Å². The summed E-state index contributed by atoms with van der Waals surface area (Å²) < 4.78 is 11.6. The molecule has 1 atom stereocenters. The van der Waals surface area contributed by atoms with Gasteiger partial charge in [0.15, 0.2) is 0 Å². The molecular weight excluding hydrogens is 306 g/mol. The molecule has 1 amide bonds. The van der Waals surface area contributed by atoms with Crippen LogP contribution in [0.15, 0.2) is 24.4 Å². The summed E-state index contributed by atoms with van der Waals surface area (Å²) in [6.07, 6.45) is 3.88. The zero-order valence-electron chi connectivity index (χ0n) is 14.6. The highest BCUT2D eigenvalue weighted by atomic mass is 16.5. The van der Waals surface area contributed by atoms with E-state index in [0.29, 0.717) is 12.5 Å². The third-order valence-corrected chi connectivity index (χ3v) is 5.03. The highest BCUT2D eigenvalue weighted by molar-refractivity contribution is 5.76. The number of ether oxygens (including phenoxy) is 2. The molecule has 24 heavy (non-hydrogen) atoms. The lowest BCUT2D eigenvalue weighted by molar-refractivity contribution is -0.141. The zero-order chi connectivity index (χ0) is 17.0. The lowest BCUT2D eigenvalue weighted by atomic mass is 9.79. The lowest BCUT2D eigenvalue weighted by Crippen LogP contribution is -2.64. The predicted molar refractivity (Wildman–Crippen MR) is 90.4 cm³/mol. The van der Waals surface area contributed by atoms with E-state index in [1.807, 2.05) is 18.3 Å². The maximum atomic E-state index is 11.5. The maximum Gasteiger partial charge on any atom is 0.248 e. The third-order valence-electron chi connectivity index (χ3n) is 5.03. The van der Waals surface area contributed by atoms with Crippen LogP contribution in [-0.4, -0.2) is 73.3 Å². The van der Waals surface area contributed by atoms with Crippen LogP contribution in [0.25, 0.3) is 0 Å². The molecule has 0 radical (unpaired) electrons. The summed E-state index contributed by atoms with van der Waals surface area (Å²) in [4.78, 5) is 19.8. The lowest BCUT2D eigenvalue weighted by Gasteiger charge is -2.50. The van der Waals surface area contributed by atoms with E-state index in [9.17, 15) is 4.79 Å². The summed E-state index contributed by atoms with van der Waals surface area (Å²) in [7, 11) is 3.49. The zero-order valence-corrected chi connectivity index (χ0v) is 14.6. The number of hydrogen-bond acceptors (Lipinski definition) is 5. The Morgan fingerprint density at radius 2 is 2.29 bits per heavy atom. The molecule has 2 saturated heterocycles. The van der Waals surface area contributed by atoms with E-state index >= 15 is 0 Å². The molecule has 1 spiro atoms. The van der Waals surface area contributed by atoms with Crippen LogP contribution in [0.2, 0.25) is 0 Å². The monoisotopic (exact) mass is 333 g/mol. The fourth-order valence-corrected chi connectivity index (χ4v) is 3.60. The topological polar surface area (TPSA) is 54.9 Å². The largest absolute Gasteiger partial charge is 0.372 e. The second-order valence-corrected chi connectivity index (χ2v) is 6.99. The van der Waals surface area contributed by atoms with Crippen molar-refractivity contribution in [2.45, 2.75) is 25.0 Å². The Morgan fingerprint density at radius 1 is 1.46 bits per heavy atom. The van der Waals surface area contributed by atoms with Crippen LogP contribution in [0, 0.1) is 5.92 Å². The van der Waals surface area contributed by atoms with Crippen LogP contribution in [-0.2, 0) is 20.8 Å². The number of nitrogens with zero attached hydrogens (tertiary/aromatic N) is 3. The second-order valence-electron chi connectivity index (χ2n) is 6.99. The van der Waals surface area contributed by atoms with Gasteiger partial charge in [-0.2, -0.15) is 0 Å². The summed E-state index contributed by atoms with van der Waals surface area (Å²) in [5.74, 6) is 0.532. The number of likely N-dealkylation sites (tertiary alicyclic amines) is 1. The molecule has 0 aliphatic carbocycles. The maximum absolute atomic E-state index is 11.5. The number of pyridine rings is 1. The summed E-state index contributed by atoms with van der Waals surface area (Å²) in [6, 6.07) is 6.03. The molecule has 6 nitrogen and oxygen atoms in total. The van der Waals surface area contributed by atoms with Crippen LogP contribution >= 0.6 is 0 Å². The van der Waals surface area contributed by atoms with Crippen molar-refractivity contribution in [1.29, 1.82) is 0 Å². The van der Waals surface area contributed by atoms with Crippen molar-refractivity contribution in [2.24, 2.45) is 5.92 Å². The van der Waals surface area contributed by atoms with Crippen molar-refractivity contribution in [1.82, 2.24) is 14.8 Å². The van der Waals surface area contributed by atoms with Crippen molar-refractivity contribution in [2.75, 3.05) is 47.0 Å². The van der Waals surface area contributed by atoms with Crippen molar-refractivity contribution in [3.05, 3.63) is 30.1 Å². The smallest absolute Gasteiger partial charge is 0.248 e. The van der Waals surface area contributed by atoms with Crippen LogP contribution in [0.1, 0.15) is 18.5 Å². The quantitative estimate of drug-likeness (QED) is 0.701. The summed E-state index contributed by atoms with van der Waals surface area (Å²) >= 11 is 0. The van der Waals surface area contributed by atoms with Gasteiger partial charge < -0.3 is 14.4 Å². The number of hydrogen-bond donors (Lipinski definition) is 0. The first-order valence-corrected chi connectivity index (χ1v) is 8.63. The molecule has 3 heterocycles. The Bertz CT molecular complexity index is 544. The molecule has 3 rings (SSSR count). The first-order valence-electron chi connectivity index (χ1n) is 8.63. The summed E-state index contributed by atoms with van der Waals surface area (Å²) in [5, 5.41) is 0. The minimum absolute atomic E-state index is 0.0102. The second kappa shape index (κ2) is 7.59. The van der Waals surface area contributed by atoms with Gasteiger partial charge in [0.05, 0.1) is 11.3 Å². The fraction of sp³-hybridized carbons (Fsp3) is 0.667. The van der Waals surface area contributed by atoms with E-state index in [1.165, 1.54) is 0 Å². The summed E-state index contributed by atoms with van der Waals surface area (Å²) in [6.45, 7) is 4.43. The molecule has 2 fully saturated rings. The van der Waals surface area contributed by atoms with Crippen LogP contribution in [0.5, 0.6) is 0 Å². The van der Waals surface area contributed by atoms with Gasteiger partial charge in [-0.3, -0.25) is 14.7 Å². The highest BCUT2D eigenvalue weighted by Gasteiger charge is 2.52. The first-order chi connectivity index (χ1) is 11.6. The van der Waals surface area contributed by atoms with Gasteiger partial charge in [-0.1, -0.05) is 6.07 Å². The molecule has 1 aromatic heterocycles. The van der Waals surface area contributed by atoms with Crippen molar-refractivity contribution in [3.63, 3.8) is 0 Å². The molecular formula is C18H27N3O3. The normalized spacial score (nSPS) is 22.5. The number of amides is 1. The molecule has 1 unspecified atom stereocenters. The van der Waals surface area contributed by atoms with Crippen LogP contribution in [0.3, 0.4) is 0 Å². The van der Waals surface area contributed by atoms with Gasteiger partial charge in [-0.05, 0) is 30.9 Å². The van der Waals surface area contributed by atoms with Gasteiger partial charge in [0.1, 0.15) is 6.61 Å². The standard InChI is InChI=1S/C18H27N3O3/c1-20(2)17(22)12-23-9-6-15-7-10-24-18(15)13-21(14-18)11-16-5-3-4-8-19-16/h3-5,8,15H,6-7,9-14H2,1-2H3. The summed E-state index contributed by atoms with van der Waals surface area (Å²) in [5.41, 5.74) is 1.09. The fourth-order valence-electron chi connectivity index (χ4n) is 3.60. The number of aromatic nitrogens is 1. The Hall–Kier alpha value is -1.50. The minimum atomic E-state index is -0.0102. The molecule has 0 aromatic carbocycles. The van der Waals surface area contributed by atoms with E-state index in [1.54, 1.807) is 19.0 Å². The molecule has 2 aliphatic rings. The van der Waals surface area contributed by atoms with E-state index in [-0.39, 0.29) is 18.1 Å². The Kier molecular flexibility index (Phi) is 5.48. The molecule has 0 saturated carbocycles. The van der Waals surface area contributed by atoms with E-state index in [0.717, 1.165) is 44.8 Å². The minimum Gasteiger partial charge on any atom is -0.372 e. The number of carbonyl (C=O) groups is 1. The third kappa shape index (κ3) is 3.94. The SMILES string of the molecule is CN(C)C(=O)COCCC1CCOC12CN(Cc1ccccn1)C2. The Morgan fingerprint density at radius 3 is 3.00 bits per heavy atom. The van der Waals surface area contributed by atoms with Gasteiger partial charge in [0.2, 0.25) is 5.91 Å². The molecule has 0 bridgehead atoms. The van der Waals surface area contributed by atoms with Crippen LogP contribution < -0.4 is 0 Å². The molecule has 0 N–H and O–H groups in total. The van der Waals surface area contributed by atoms with E-state index < -0.39 is 0 Å². The van der Waals surface area contributed by atoms with E-state index in [4.69, 9.17) is 9.47 Å². The Labute approximate surface area is 143 Å². The molecule has 6 heteroatoms. The van der Waals surface area contributed by atoms with Crippen molar-refractivity contribution < 1.29 is 14.3 Å². The van der Waals surface area contributed by atoms with Crippen LogP contribution in [0.4, 0.5) is 0 Å². The van der Waals surface area contributed by atoms with E-state index in [2.05, 4.69) is 16.0 Å². The predicted octanol–water partition coefficient (Wildman–Crippen LogP) is 1.17. The Balaban J connectivity index is 1.41. The molecule has 132 valence electrons. The first kappa shape index (κ1) is 17.3. The van der Waals surface area contributed by atoms with Gasteiger partial charge in [0, 0.05) is 53.1 Å². The molecule has 2 aliphatic heterocycles. The number of rotatable bonds is 7. The van der Waals surface area contributed by atoms with Gasteiger partial charge in [-0.15, -0.1) is 0 Å². The molecule has 1 aromatic rings.